The van der Waals surface area contributed by atoms with Crippen molar-refractivity contribution < 1.29 is 13.0 Å². The molecule has 0 aromatic heterocycles. The second-order valence-corrected chi connectivity index (χ2v) is 13.0. The molecule has 1 N–H and O–H groups in total. The summed E-state index contributed by atoms with van der Waals surface area (Å²) in [4.78, 5) is -0.0976. The van der Waals surface area contributed by atoms with Gasteiger partial charge in [0.05, 0.1) is 0 Å². The van der Waals surface area contributed by atoms with Crippen LogP contribution in [0.1, 0.15) is 5.56 Å². The number of hydrogen-bond donors (Lipinski definition) is 1. The molecule has 0 radical (unpaired) electrons. The summed E-state index contributed by atoms with van der Waals surface area (Å²) in [6.07, 6.45) is 0. The van der Waals surface area contributed by atoms with Crippen molar-refractivity contribution in [1.29, 1.82) is 0 Å². The molecule has 0 atom stereocenters. The van der Waals surface area contributed by atoms with E-state index in [0.29, 0.717) is 15.3 Å². The zero-order valence-corrected chi connectivity index (χ0v) is 20.3. The van der Waals surface area contributed by atoms with Gasteiger partial charge < -0.3 is 0 Å². The lowest BCUT2D eigenvalue weighted by Gasteiger charge is -2.29. The van der Waals surface area contributed by atoms with E-state index in [-0.39, 0.29) is 4.90 Å². The standard InChI is InChI=1S/C25H19Cl2O3PS/c1-18-7-16-24(25(17-18)32(28,29)30)31(21-5-3-2-4-6-21,22-12-8-19(26)9-13-22)23-14-10-20(27)11-15-23/h2-17H,1H3/p+1. The Bertz CT molecular complexity index is 1310. The van der Waals surface area contributed by atoms with Crippen LogP contribution in [-0.2, 0) is 10.1 Å². The van der Waals surface area contributed by atoms with Crippen molar-refractivity contribution in [2.45, 2.75) is 11.8 Å². The third-order valence-electron chi connectivity index (χ3n) is 5.33. The molecule has 3 nitrogen and oxygen atoms in total. The molecule has 4 rings (SSSR count). The minimum atomic E-state index is -4.50. The van der Waals surface area contributed by atoms with E-state index in [4.69, 9.17) is 23.2 Å². The highest BCUT2D eigenvalue weighted by Crippen LogP contribution is 2.55. The Morgan fingerprint density at radius 2 is 1.16 bits per heavy atom. The summed E-state index contributed by atoms with van der Waals surface area (Å²) < 4.78 is 35.4. The van der Waals surface area contributed by atoms with Gasteiger partial charge in [0.2, 0.25) is 0 Å². The molecule has 0 heterocycles. The average molecular weight is 502 g/mol. The summed E-state index contributed by atoms with van der Waals surface area (Å²) in [6, 6.07) is 29.8. The topological polar surface area (TPSA) is 54.4 Å². The summed E-state index contributed by atoms with van der Waals surface area (Å²) in [5.41, 5.74) is 0.736. The van der Waals surface area contributed by atoms with Gasteiger partial charge in [0.15, 0.2) is 0 Å². The van der Waals surface area contributed by atoms with Crippen LogP contribution in [-0.4, -0.2) is 13.0 Å². The zero-order chi connectivity index (χ0) is 22.9. The normalized spacial score (nSPS) is 12.0. The number of rotatable bonds is 5. The highest BCUT2D eigenvalue weighted by atomic mass is 35.5. The molecule has 4 aromatic carbocycles. The van der Waals surface area contributed by atoms with E-state index in [1.165, 1.54) is 6.07 Å². The largest absolute Gasteiger partial charge is 0.298 e. The molecule has 0 bridgehead atoms. The minimum absolute atomic E-state index is 0.0976. The van der Waals surface area contributed by atoms with Crippen molar-refractivity contribution in [1.82, 2.24) is 0 Å². The second kappa shape index (κ2) is 8.97. The lowest BCUT2D eigenvalue weighted by atomic mass is 10.2. The maximum Gasteiger partial charge on any atom is 0.298 e. The van der Waals surface area contributed by atoms with Crippen LogP contribution in [0.15, 0.2) is 102 Å². The first-order valence-corrected chi connectivity index (χ1v) is 13.8. The minimum Gasteiger partial charge on any atom is -0.282 e. The number of aryl methyl sites for hydroxylation is 1. The number of hydrogen-bond acceptors (Lipinski definition) is 2. The Morgan fingerprint density at radius 3 is 1.62 bits per heavy atom. The van der Waals surface area contributed by atoms with E-state index in [0.717, 1.165) is 21.5 Å². The van der Waals surface area contributed by atoms with Crippen molar-refractivity contribution in [2.75, 3.05) is 0 Å². The van der Waals surface area contributed by atoms with E-state index < -0.39 is 17.4 Å². The molecule has 0 aliphatic carbocycles. The first-order valence-electron chi connectivity index (χ1n) is 9.78. The Hall–Kier alpha value is -2.20. The van der Waals surface area contributed by atoms with Crippen LogP contribution < -0.4 is 21.2 Å². The first kappa shape index (κ1) is 23.0. The molecule has 0 saturated carbocycles. The second-order valence-electron chi connectivity index (χ2n) is 7.41. The molecule has 0 saturated heterocycles. The lowest BCUT2D eigenvalue weighted by Crippen LogP contribution is -2.40. The summed E-state index contributed by atoms with van der Waals surface area (Å²) in [7, 11) is -7.26. The van der Waals surface area contributed by atoms with E-state index in [2.05, 4.69) is 0 Å². The highest BCUT2D eigenvalue weighted by molar-refractivity contribution is 8.02. The van der Waals surface area contributed by atoms with Gasteiger partial charge in [0.25, 0.3) is 10.1 Å². The van der Waals surface area contributed by atoms with Crippen molar-refractivity contribution in [3.63, 3.8) is 0 Å². The molecule has 7 heteroatoms. The summed E-state index contributed by atoms with van der Waals surface area (Å²) in [5.74, 6) is 0. The maximum absolute atomic E-state index is 12.6. The van der Waals surface area contributed by atoms with Gasteiger partial charge in [-0.3, -0.25) is 4.55 Å². The summed E-state index contributed by atoms with van der Waals surface area (Å²) in [6.45, 7) is 1.80. The van der Waals surface area contributed by atoms with Crippen LogP contribution in [0.25, 0.3) is 0 Å². The van der Waals surface area contributed by atoms with Gasteiger partial charge in [0, 0.05) is 10.0 Å². The monoisotopic (exact) mass is 501 g/mol. The van der Waals surface area contributed by atoms with Gasteiger partial charge in [-0.15, -0.1) is 0 Å². The quantitative estimate of drug-likeness (QED) is 0.303. The van der Waals surface area contributed by atoms with E-state index in [9.17, 15) is 13.0 Å². The van der Waals surface area contributed by atoms with Crippen LogP contribution in [0.2, 0.25) is 10.0 Å². The van der Waals surface area contributed by atoms with E-state index in [1.807, 2.05) is 66.7 Å². The summed E-state index contributed by atoms with van der Waals surface area (Å²) >= 11 is 12.4. The molecule has 162 valence electrons. The van der Waals surface area contributed by atoms with Gasteiger partial charge in [-0.2, -0.15) is 8.42 Å². The third kappa shape index (κ3) is 4.22. The van der Waals surface area contributed by atoms with Crippen LogP contribution in [0.4, 0.5) is 0 Å². The van der Waals surface area contributed by atoms with Crippen molar-refractivity contribution in [3.05, 3.63) is 113 Å². The van der Waals surface area contributed by atoms with Gasteiger partial charge >= 0.3 is 0 Å². The molecule has 0 aliphatic rings. The molecule has 0 spiro atoms. The highest BCUT2D eigenvalue weighted by Gasteiger charge is 2.50. The van der Waals surface area contributed by atoms with E-state index >= 15 is 0 Å². The molecule has 0 amide bonds. The molecule has 4 aromatic rings. The summed E-state index contributed by atoms with van der Waals surface area (Å²) in [5, 5.41) is 4.46. The Kier molecular flexibility index (Phi) is 6.44. The van der Waals surface area contributed by atoms with Gasteiger partial charge in [0.1, 0.15) is 33.4 Å². The smallest absolute Gasteiger partial charge is 0.282 e. The first-order chi connectivity index (χ1) is 15.2. The van der Waals surface area contributed by atoms with Gasteiger partial charge in [-0.25, -0.2) is 0 Å². The lowest BCUT2D eigenvalue weighted by molar-refractivity contribution is 0.484. The van der Waals surface area contributed by atoms with Crippen LogP contribution in [0.3, 0.4) is 0 Å². The Morgan fingerprint density at radius 1 is 0.688 bits per heavy atom. The van der Waals surface area contributed by atoms with Gasteiger partial charge in [-0.1, -0.05) is 47.5 Å². The van der Waals surface area contributed by atoms with Crippen LogP contribution >= 0.6 is 30.5 Å². The van der Waals surface area contributed by atoms with Crippen LogP contribution in [0.5, 0.6) is 0 Å². The Balaban J connectivity index is 2.24. The third-order valence-corrected chi connectivity index (χ3v) is 11.2. The molecule has 32 heavy (non-hydrogen) atoms. The van der Waals surface area contributed by atoms with Gasteiger partial charge in [-0.05, 0) is 85.3 Å². The maximum atomic E-state index is 12.6. The Labute approximate surface area is 198 Å². The van der Waals surface area contributed by atoms with Crippen molar-refractivity contribution >= 4 is 61.8 Å². The fraction of sp³-hybridized carbons (Fsp3) is 0.0400. The van der Waals surface area contributed by atoms with Crippen molar-refractivity contribution in [3.8, 4) is 0 Å². The SMILES string of the molecule is Cc1ccc([P+](c2ccccc2)(c2ccc(Cl)cc2)c2ccc(Cl)cc2)c(S(=O)(=O)O)c1. The predicted octanol–water partition coefficient (Wildman–Crippen LogP) is 5.17. The molecular formula is C25H20Cl2O3PS+. The molecule has 0 fully saturated rings. The molecule has 0 aliphatic heterocycles. The molecular weight excluding hydrogens is 482 g/mol. The fourth-order valence-electron chi connectivity index (χ4n) is 3.95. The van der Waals surface area contributed by atoms with Crippen molar-refractivity contribution in [2.24, 2.45) is 0 Å². The fourth-order valence-corrected chi connectivity index (χ4v) is 9.86. The predicted molar refractivity (Wildman–Crippen MR) is 136 cm³/mol. The average Bonchev–Trinajstić information content (AvgIpc) is 2.77. The number of halogens is 2. The van der Waals surface area contributed by atoms with E-state index in [1.54, 1.807) is 31.2 Å². The zero-order valence-electron chi connectivity index (χ0n) is 17.1. The molecule has 0 unspecified atom stereocenters. The number of benzene rings is 4. The van der Waals surface area contributed by atoms with Crippen LogP contribution in [0, 0.1) is 6.92 Å².